The molecule has 2 fully saturated rings. The third-order valence-corrected chi connectivity index (χ3v) is 9.38. The molecule has 0 radical (unpaired) electrons. The number of benzene rings is 1. The zero-order chi connectivity index (χ0) is 28.0. The molecule has 0 spiro atoms. The summed E-state index contributed by atoms with van der Waals surface area (Å²) >= 11 is 0. The molecule has 2 saturated heterocycles. The van der Waals surface area contributed by atoms with Crippen LogP contribution in [0.2, 0.25) is 0 Å². The van der Waals surface area contributed by atoms with Crippen molar-refractivity contribution >= 4 is 43.8 Å². The summed E-state index contributed by atoms with van der Waals surface area (Å²) in [7, 11) is -3.20. The van der Waals surface area contributed by atoms with Gasteiger partial charge < -0.3 is 20.3 Å². The maximum absolute atomic E-state index is 12.0. The van der Waals surface area contributed by atoms with Crippen molar-refractivity contribution in [1.82, 2.24) is 29.0 Å². The molecule has 0 amide bonds. The molecule has 6 rings (SSSR count). The molecular formula is C26H28N10O3S. The van der Waals surface area contributed by atoms with Gasteiger partial charge in [-0.25, -0.2) is 13.4 Å². The Labute approximate surface area is 230 Å². The van der Waals surface area contributed by atoms with Gasteiger partial charge in [-0.1, -0.05) is 0 Å². The average molecular weight is 561 g/mol. The number of nitriles is 2. The first kappa shape index (κ1) is 26.0. The lowest BCUT2D eigenvalue weighted by atomic mass is 10.0. The fourth-order valence-corrected chi connectivity index (χ4v) is 7.64. The van der Waals surface area contributed by atoms with Crippen LogP contribution in [0.5, 0.6) is 0 Å². The standard InChI is InChI=1S/C26H28N10O3S/c1-2-29-24-25-30-12-19(11-28)36(25)33-26(32-24)31-17-3-4-21-20(9-17)16(10-27)13-35(21)18-5-7-34(8-6-18)22-14-40(38,39)15-23(22)37/h3-4,9,12-13,18,22-23,37H,2,5-8,14-15H2,1H3,(H2,29,31,32,33). The summed E-state index contributed by atoms with van der Waals surface area (Å²) < 4.78 is 27.5. The van der Waals surface area contributed by atoms with E-state index >= 15 is 0 Å². The second-order valence-electron chi connectivity index (χ2n) is 10.2. The topological polar surface area (TPSA) is 177 Å². The number of piperidine rings is 1. The van der Waals surface area contributed by atoms with Gasteiger partial charge in [0.2, 0.25) is 5.95 Å². The predicted octanol–water partition coefficient (Wildman–Crippen LogP) is 1.79. The van der Waals surface area contributed by atoms with Crippen LogP contribution in [0.4, 0.5) is 17.5 Å². The summed E-state index contributed by atoms with van der Waals surface area (Å²) in [6.07, 6.45) is 4.05. The van der Waals surface area contributed by atoms with Gasteiger partial charge >= 0.3 is 0 Å². The van der Waals surface area contributed by atoms with Crippen LogP contribution in [0, 0.1) is 22.7 Å². The van der Waals surface area contributed by atoms with Crippen molar-refractivity contribution in [3.8, 4) is 12.1 Å². The first-order valence-corrected chi connectivity index (χ1v) is 15.0. The molecule has 0 saturated carbocycles. The molecule has 5 heterocycles. The van der Waals surface area contributed by atoms with Crippen molar-refractivity contribution in [3.05, 3.63) is 41.9 Å². The smallest absolute Gasteiger partial charge is 0.247 e. The number of nitrogens with one attached hydrogen (secondary N) is 2. The average Bonchev–Trinajstić information content (AvgIpc) is 3.61. The van der Waals surface area contributed by atoms with Gasteiger partial charge in [-0.05, 0) is 38.0 Å². The van der Waals surface area contributed by atoms with Crippen molar-refractivity contribution in [3.63, 3.8) is 0 Å². The molecule has 13 nitrogen and oxygen atoms in total. The Bertz CT molecular complexity index is 1790. The lowest BCUT2D eigenvalue weighted by Gasteiger charge is -2.37. The maximum Gasteiger partial charge on any atom is 0.247 e. The summed E-state index contributed by atoms with van der Waals surface area (Å²) in [6.45, 7) is 3.91. The van der Waals surface area contributed by atoms with Crippen LogP contribution in [-0.2, 0) is 9.84 Å². The molecule has 2 unspecified atom stereocenters. The van der Waals surface area contributed by atoms with Gasteiger partial charge in [0.05, 0.1) is 35.4 Å². The maximum atomic E-state index is 12.0. The quantitative estimate of drug-likeness (QED) is 0.313. The number of imidazole rings is 1. The van der Waals surface area contributed by atoms with Gasteiger partial charge in [0, 0.05) is 48.5 Å². The van der Waals surface area contributed by atoms with Crippen LogP contribution < -0.4 is 10.6 Å². The number of aliphatic hydroxyl groups excluding tert-OH is 1. The van der Waals surface area contributed by atoms with Gasteiger partial charge in [-0.3, -0.25) is 4.90 Å². The van der Waals surface area contributed by atoms with E-state index in [0.29, 0.717) is 42.4 Å². The summed E-state index contributed by atoms with van der Waals surface area (Å²) in [4.78, 5) is 10.9. The monoisotopic (exact) mass is 560 g/mol. The highest BCUT2D eigenvalue weighted by atomic mass is 32.2. The highest BCUT2D eigenvalue weighted by molar-refractivity contribution is 7.91. The van der Waals surface area contributed by atoms with Crippen molar-refractivity contribution in [1.29, 1.82) is 10.5 Å². The van der Waals surface area contributed by atoms with Crippen LogP contribution in [0.1, 0.15) is 37.1 Å². The normalized spacial score (nSPS) is 21.4. The van der Waals surface area contributed by atoms with E-state index in [1.165, 1.54) is 10.7 Å². The largest absolute Gasteiger partial charge is 0.390 e. The van der Waals surface area contributed by atoms with Crippen molar-refractivity contribution in [2.24, 2.45) is 0 Å². The molecule has 2 aliphatic rings. The van der Waals surface area contributed by atoms with Crippen LogP contribution in [-0.4, -0.2) is 85.9 Å². The van der Waals surface area contributed by atoms with Crippen molar-refractivity contribution < 1.29 is 13.5 Å². The predicted molar refractivity (Wildman–Crippen MR) is 148 cm³/mol. The molecule has 0 bridgehead atoms. The third kappa shape index (κ3) is 4.60. The van der Waals surface area contributed by atoms with E-state index in [1.54, 1.807) is 0 Å². The van der Waals surface area contributed by atoms with Gasteiger partial charge in [-0.15, -0.1) is 5.10 Å². The lowest BCUT2D eigenvalue weighted by Crippen LogP contribution is -2.47. The number of sulfone groups is 1. The zero-order valence-corrected chi connectivity index (χ0v) is 22.6. The minimum Gasteiger partial charge on any atom is -0.390 e. The van der Waals surface area contributed by atoms with E-state index in [1.807, 2.05) is 31.3 Å². The second-order valence-corrected chi connectivity index (χ2v) is 12.4. The van der Waals surface area contributed by atoms with Crippen LogP contribution in [0.3, 0.4) is 0 Å². The van der Waals surface area contributed by atoms with E-state index in [2.05, 4.69) is 47.3 Å². The number of hydrogen-bond acceptors (Lipinski definition) is 11. The van der Waals surface area contributed by atoms with E-state index in [-0.39, 0.29) is 35.2 Å². The number of aliphatic hydroxyl groups is 1. The molecule has 14 heteroatoms. The van der Waals surface area contributed by atoms with E-state index in [4.69, 9.17) is 0 Å². The fourth-order valence-electron chi connectivity index (χ4n) is 5.80. The van der Waals surface area contributed by atoms with E-state index in [0.717, 1.165) is 23.7 Å². The van der Waals surface area contributed by atoms with Gasteiger partial charge in [0.25, 0.3) is 0 Å². The number of aromatic nitrogens is 5. The number of nitrogens with zero attached hydrogens (tertiary/aromatic N) is 8. The Hall–Kier alpha value is -4.24. The van der Waals surface area contributed by atoms with E-state index < -0.39 is 15.9 Å². The van der Waals surface area contributed by atoms with Gasteiger partial charge in [0.1, 0.15) is 12.1 Å². The number of likely N-dealkylation sites (tertiary alicyclic amines) is 1. The van der Waals surface area contributed by atoms with Crippen molar-refractivity contribution in [2.45, 2.75) is 38.0 Å². The number of rotatable bonds is 6. The highest BCUT2D eigenvalue weighted by Gasteiger charge is 2.41. The van der Waals surface area contributed by atoms with Crippen LogP contribution >= 0.6 is 0 Å². The molecular weight excluding hydrogens is 532 g/mol. The summed E-state index contributed by atoms with van der Waals surface area (Å²) in [5, 5.41) is 41.2. The summed E-state index contributed by atoms with van der Waals surface area (Å²) in [5.41, 5.74) is 2.90. The summed E-state index contributed by atoms with van der Waals surface area (Å²) in [5.74, 6) is 0.614. The minimum absolute atomic E-state index is 0.00492. The highest BCUT2D eigenvalue weighted by Crippen LogP contribution is 2.33. The first-order valence-electron chi connectivity index (χ1n) is 13.1. The van der Waals surface area contributed by atoms with Gasteiger partial charge in [-0.2, -0.15) is 20.0 Å². The number of anilines is 3. The third-order valence-electron chi connectivity index (χ3n) is 7.69. The molecule has 1 aromatic carbocycles. The fraction of sp³-hybridized carbons (Fsp3) is 0.423. The Morgan fingerprint density at radius 1 is 1.18 bits per heavy atom. The molecule has 3 aromatic heterocycles. The number of fused-ring (bicyclic) bond motifs is 2. The lowest BCUT2D eigenvalue weighted by molar-refractivity contribution is 0.0606. The Morgan fingerprint density at radius 3 is 2.65 bits per heavy atom. The molecule has 4 aromatic rings. The minimum atomic E-state index is -3.20. The molecule has 3 N–H and O–H groups in total. The van der Waals surface area contributed by atoms with Crippen LogP contribution in [0.15, 0.2) is 30.6 Å². The Balaban J connectivity index is 1.25. The molecule has 2 atom stereocenters. The summed E-state index contributed by atoms with van der Waals surface area (Å²) in [6, 6.07) is 9.92. The second kappa shape index (κ2) is 10.1. The van der Waals surface area contributed by atoms with Crippen molar-refractivity contribution in [2.75, 3.05) is 41.8 Å². The Kier molecular flexibility index (Phi) is 6.54. The Morgan fingerprint density at radius 2 is 1.98 bits per heavy atom. The first-order chi connectivity index (χ1) is 19.3. The molecule has 0 aliphatic carbocycles. The SMILES string of the molecule is CCNc1nc(Nc2ccc3c(c2)c(C#N)cn3C2CCN(C3CS(=O)(=O)CC3O)CC2)nn2c(C#N)cnc12. The van der Waals surface area contributed by atoms with E-state index in [9.17, 15) is 24.0 Å². The molecule has 206 valence electrons. The molecule has 2 aliphatic heterocycles. The number of hydrogen-bond donors (Lipinski definition) is 3. The van der Waals surface area contributed by atoms with Crippen LogP contribution in [0.25, 0.3) is 16.6 Å². The zero-order valence-electron chi connectivity index (χ0n) is 21.8. The van der Waals surface area contributed by atoms with Gasteiger partial charge in [0.15, 0.2) is 27.0 Å². The molecule has 40 heavy (non-hydrogen) atoms.